The number of benzene rings is 2. The predicted octanol–water partition coefficient (Wildman–Crippen LogP) is 6.12. The first-order chi connectivity index (χ1) is 10.1. The number of rotatable bonds is 8. The highest BCUT2D eigenvalue weighted by Crippen LogP contribution is 2.21. The molecule has 0 aliphatic rings. The number of hydrogen-bond acceptors (Lipinski definition) is 0. The van der Waals surface area contributed by atoms with E-state index in [0.717, 1.165) is 0 Å². The summed E-state index contributed by atoms with van der Waals surface area (Å²) in [5.74, 6) is 0. The lowest BCUT2D eigenvalue weighted by molar-refractivity contribution is 0.623. The minimum absolute atomic E-state index is 1.31. The summed E-state index contributed by atoms with van der Waals surface area (Å²) in [5, 5.41) is 4.54. The summed E-state index contributed by atoms with van der Waals surface area (Å²) in [4.78, 5) is 0. The zero-order chi connectivity index (χ0) is 15.1. The summed E-state index contributed by atoms with van der Waals surface area (Å²) in [6, 6.07) is 17.2. The van der Waals surface area contributed by atoms with Crippen molar-refractivity contribution < 1.29 is 0 Å². The maximum absolute atomic E-state index is 2.54. The van der Waals surface area contributed by atoms with Crippen molar-refractivity contribution in [2.45, 2.75) is 64.6 Å². The van der Waals surface area contributed by atoms with E-state index in [1.54, 1.807) is 5.19 Å². The molecular formula is C20H30Si. The average Bonchev–Trinajstić information content (AvgIpc) is 2.50. The summed E-state index contributed by atoms with van der Waals surface area (Å²) in [7, 11) is -1.31. The molecule has 21 heavy (non-hydrogen) atoms. The molecule has 0 fully saturated rings. The fraction of sp³-hybridized carbons (Fsp3) is 0.500. The summed E-state index contributed by atoms with van der Waals surface area (Å²) in [6.07, 6.45) is 8.42. The summed E-state index contributed by atoms with van der Waals surface area (Å²) in [6.45, 7) is 7.37. The Bertz CT molecular complexity index is 551. The molecule has 0 aromatic heterocycles. The molecule has 0 aliphatic carbocycles. The third-order valence-electron chi connectivity index (χ3n) is 4.67. The van der Waals surface area contributed by atoms with E-state index in [-0.39, 0.29) is 0 Å². The van der Waals surface area contributed by atoms with Gasteiger partial charge in [0.25, 0.3) is 0 Å². The van der Waals surface area contributed by atoms with E-state index in [2.05, 4.69) is 62.5 Å². The monoisotopic (exact) mass is 298 g/mol. The minimum atomic E-state index is -1.31. The standard InChI is InChI=1S/C20H30Si/c1-4-5-6-7-8-11-17-21(2,3)20-16-12-14-18-13-9-10-15-19(18)20/h9-10,12-16H,4-8,11,17H2,1-3H3. The highest BCUT2D eigenvalue weighted by molar-refractivity contribution is 6.91. The Kier molecular flexibility index (Phi) is 6.04. The number of unbranched alkanes of at least 4 members (excludes halogenated alkanes) is 5. The van der Waals surface area contributed by atoms with Crippen LogP contribution in [0, 0.1) is 0 Å². The second kappa shape index (κ2) is 7.79. The lowest BCUT2D eigenvalue weighted by atomic mass is 10.1. The molecule has 2 aromatic carbocycles. The highest BCUT2D eigenvalue weighted by Gasteiger charge is 2.24. The fourth-order valence-corrected chi connectivity index (χ4v) is 6.20. The van der Waals surface area contributed by atoms with Crippen LogP contribution in [0.5, 0.6) is 0 Å². The average molecular weight is 299 g/mol. The van der Waals surface area contributed by atoms with Crippen molar-refractivity contribution in [3.63, 3.8) is 0 Å². The molecule has 0 bridgehead atoms. The Balaban J connectivity index is 2.01. The van der Waals surface area contributed by atoms with Crippen LogP contribution >= 0.6 is 0 Å². The maximum Gasteiger partial charge on any atom is 0.0814 e. The second-order valence-corrected chi connectivity index (χ2v) is 11.7. The Morgan fingerprint density at radius 1 is 0.762 bits per heavy atom. The minimum Gasteiger partial charge on any atom is -0.0654 e. The lowest BCUT2D eigenvalue weighted by Gasteiger charge is -2.25. The van der Waals surface area contributed by atoms with E-state index in [9.17, 15) is 0 Å². The molecule has 1 heteroatoms. The molecule has 0 heterocycles. The van der Waals surface area contributed by atoms with Gasteiger partial charge in [0.15, 0.2) is 0 Å². The van der Waals surface area contributed by atoms with Crippen LogP contribution in [0.15, 0.2) is 42.5 Å². The van der Waals surface area contributed by atoms with Gasteiger partial charge in [-0.05, 0) is 10.8 Å². The molecule has 0 atom stereocenters. The van der Waals surface area contributed by atoms with Gasteiger partial charge in [0, 0.05) is 0 Å². The molecule has 0 saturated carbocycles. The van der Waals surface area contributed by atoms with Crippen LogP contribution in [-0.4, -0.2) is 8.07 Å². The predicted molar refractivity (Wildman–Crippen MR) is 99.2 cm³/mol. The largest absolute Gasteiger partial charge is 0.0814 e. The van der Waals surface area contributed by atoms with Gasteiger partial charge in [-0.1, -0.05) is 112 Å². The van der Waals surface area contributed by atoms with Crippen molar-refractivity contribution in [3.05, 3.63) is 42.5 Å². The first kappa shape index (κ1) is 16.3. The van der Waals surface area contributed by atoms with E-state index < -0.39 is 8.07 Å². The Hall–Kier alpha value is -1.08. The van der Waals surface area contributed by atoms with Gasteiger partial charge < -0.3 is 0 Å². The molecule has 2 aromatic rings. The van der Waals surface area contributed by atoms with E-state index in [1.165, 1.54) is 55.3 Å². The van der Waals surface area contributed by atoms with Crippen LogP contribution in [0.3, 0.4) is 0 Å². The Morgan fingerprint density at radius 3 is 2.24 bits per heavy atom. The van der Waals surface area contributed by atoms with E-state index in [0.29, 0.717) is 0 Å². The third-order valence-corrected chi connectivity index (χ3v) is 8.17. The topological polar surface area (TPSA) is 0 Å². The third kappa shape index (κ3) is 4.44. The number of hydrogen-bond donors (Lipinski definition) is 0. The molecule has 0 N–H and O–H groups in total. The van der Waals surface area contributed by atoms with Crippen molar-refractivity contribution in [2.24, 2.45) is 0 Å². The first-order valence-corrected chi connectivity index (χ1v) is 11.8. The van der Waals surface area contributed by atoms with Gasteiger partial charge >= 0.3 is 0 Å². The van der Waals surface area contributed by atoms with Crippen LogP contribution in [0.4, 0.5) is 0 Å². The van der Waals surface area contributed by atoms with Crippen LogP contribution in [0.2, 0.25) is 19.1 Å². The number of fused-ring (bicyclic) bond motifs is 1. The van der Waals surface area contributed by atoms with Gasteiger partial charge in [0.1, 0.15) is 0 Å². The normalized spacial score (nSPS) is 12.0. The molecule has 2 rings (SSSR count). The van der Waals surface area contributed by atoms with Gasteiger partial charge in [-0.15, -0.1) is 0 Å². The molecule has 0 nitrogen and oxygen atoms in total. The molecule has 0 aliphatic heterocycles. The summed E-state index contributed by atoms with van der Waals surface area (Å²) < 4.78 is 0. The molecule has 0 spiro atoms. The van der Waals surface area contributed by atoms with E-state index >= 15 is 0 Å². The van der Waals surface area contributed by atoms with Gasteiger partial charge in [0.2, 0.25) is 0 Å². The fourth-order valence-electron chi connectivity index (χ4n) is 3.30. The van der Waals surface area contributed by atoms with Crippen LogP contribution in [0.25, 0.3) is 10.8 Å². The molecule has 0 amide bonds. The Morgan fingerprint density at radius 2 is 1.43 bits per heavy atom. The molecular weight excluding hydrogens is 268 g/mol. The zero-order valence-electron chi connectivity index (χ0n) is 14.0. The molecule has 114 valence electrons. The second-order valence-electron chi connectivity index (χ2n) is 6.93. The van der Waals surface area contributed by atoms with Gasteiger partial charge in [-0.2, -0.15) is 0 Å². The quantitative estimate of drug-likeness (QED) is 0.407. The lowest BCUT2D eigenvalue weighted by Crippen LogP contribution is -2.41. The maximum atomic E-state index is 2.54. The van der Waals surface area contributed by atoms with Crippen molar-refractivity contribution in [2.75, 3.05) is 0 Å². The van der Waals surface area contributed by atoms with E-state index in [4.69, 9.17) is 0 Å². The van der Waals surface area contributed by atoms with Gasteiger partial charge in [-0.3, -0.25) is 0 Å². The Labute approximate surface area is 131 Å². The van der Waals surface area contributed by atoms with Crippen LogP contribution < -0.4 is 5.19 Å². The van der Waals surface area contributed by atoms with Gasteiger partial charge in [-0.25, -0.2) is 0 Å². The van der Waals surface area contributed by atoms with Gasteiger partial charge in [0.05, 0.1) is 8.07 Å². The summed E-state index contributed by atoms with van der Waals surface area (Å²) in [5.41, 5.74) is 0. The molecule has 0 saturated heterocycles. The molecule has 0 radical (unpaired) electrons. The smallest absolute Gasteiger partial charge is 0.0654 e. The van der Waals surface area contributed by atoms with Crippen molar-refractivity contribution in [1.29, 1.82) is 0 Å². The summed E-state index contributed by atoms with van der Waals surface area (Å²) >= 11 is 0. The molecule has 0 unspecified atom stereocenters. The van der Waals surface area contributed by atoms with Crippen molar-refractivity contribution in [1.82, 2.24) is 0 Å². The van der Waals surface area contributed by atoms with Crippen LogP contribution in [0.1, 0.15) is 45.4 Å². The van der Waals surface area contributed by atoms with Crippen molar-refractivity contribution >= 4 is 24.0 Å². The first-order valence-electron chi connectivity index (χ1n) is 8.63. The SMILES string of the molecule is CCCCCCCC[Si](C)(C)c1cccc2ccccc12. The highest BCUT2D eigenvalue weighted by atomic mass is 28.3. The van der Waals surface area contributed by atoms with Crippen molar-refractivity contribution in [3.8, 4) is 0 Å². The van der Waals surface area contributed by atoms with E-state index in [1.807, 2.05) is 0 Å². The zero-order valence-corrected chi connectivity index (χ0v) is 15.0. The van der Waals surface area contributed by atoms with Crippen LogP contribution in [-0.2, 0) is 0 Å².